The van der Waals surface area contributed by atoms with E-state index >= 15 is 0 Å². The molecule has 3 heterocycles. The number of hydrogen-bond acceptors (Lipinski definition) is 7. The Morgan fingerprint density at radius 3 is 2.73 bits per heavy atom. The molecule has 2 aliphatic heterocycles. The second kappa shape index (κ2) is 8.65. The molecule has 0 unspecified atom stereocenters. The Hall–Kier alpha value is -3.15. The second-order valence-electron chi connectivity index (χ2n) is 8.85. The molecule has 178 valence electrons. The molecule has 0 radical (unpaired) electrons. The van der Waals surface area contributed by atoms with E-state index in [9.17, 15) is 22.8 Å². The zero-order chi connectivity index (χ0) is 23.9. The number of rotatable bonds is 4. The topological polar surface area (TPSA) is 107 Å². The van der Waals surface area contributed by atoms with Gasteiger partial charge in [0.05, 0.1) is 25.2 Å². The number of benzene rings is 1. The number of carbonyl (C=O) groups is 2. The Morgan fingerprint density at radius 1 is 1.30 bits per heavy atom. The molecule has 2 aromatic rings. The highest BCUT2D eigenvalue weighted by atomic mass is 19.3. The van der Waals surface area contributed by atoms with Crippen molar-refractivity contribution in [2.24, 2.45) is 0 Å². The van der Waals surface area contributed by atoms with E-state index in [1.54, 1.807) is 20.8 Å². The summed E-state index contributed by atoms with van der Waals surface area (Å²) in [5, 5.41) is 9.53. The fraction of sp³-hybridized carbons (Fsp3) is 0.524. The summed E-state index contributed by atoms with van der Waals surface area (Å²) in [4.78, 5) is 26.9. The number of nitrogens with one attached hydrogen (secondary N) is 1. The van der Waals surface area contributed by atoms with Crippen LogP contribution in [0, 0.1) is 5.82 Å². The second-order valence-corrected chi connectivity index (χ2v) is 8.85. The molecule has 0 spiro atoms. The summed E-state index contributed by atoms with van der Waals surface area (Å²) in [6.45, 7) is 5.71. The molecule has 4 rings (SSSR count). The molecule has 2 amide bonds. The highest BCUT2D eigenvalue weighted by Gasteiger charge is 2.41. The highest BCUT2D eigenvalue weighted by Crippen LogP contribution is 2.33. The lowest BCUT2D eigenvalue weighted by atomic mass is 10.0. The lowest BCUT2D eigenvalue weighted by Crippen LogP contribution is -2.57. The molecule has 0 bridgehead atoms. The Morgan fingerprint density at radius 2 is 2.06 bits per heavy atom. The number of halogens is 3. The first kappa shape index (κ1) is 23.0. The van der Waals surface area contributed by atoms with E-state index in [0.717, 1.165) is 6.07 Å². The molecule has 12 heteroatoms. The van der Waals surface area contributed by atoms with Crippen LogP contribution in [0.3, 0.4) is 0 Å². The van der Waals surface area contributed by atoms with Crippen molar-refractivity contribution in [3.63, 3.8) is 0 Å². The number of hydrogen-bond donors (Lipinski definition) is 1. The molecule has 0 saturated carbocycles. The minimum atomic E-state index is -2.97. The quantitative estimate of drug-likeness (QED) is 0.733. The molecule has 1 aromatic carbocycles. The zero-order valence-corrected chi connectivity index (χ0v) is 18.2. The van der Waals surface area contributed by atoms with Crippen molar-refractivity contribution in [1.29, 1.82) is 0 Å². The van der Waals surface area contributed by atoms with Gasteiger partial charge in [0.1, 0.15) is 11.4 Å². The summed E-state index contributed by atoms with van der Waals surface area (Å²) in [5.41, 5.74) is -0.463. The average molecular weight is 468 g/mol. The molecule has 0 aliphatic carbocycles. The van der Waals surface area contributed by atoms with E-state index in [-0.39, 0.29) is 35.7 Å². The van der Waals surface area contributed by atoms with Gasteiger partial charge in [0.25, 0.3) is 11.8 Å². The van der Waals surface area contributed by atoms with Crippen LogP contribution in [0.2, 0.25) is 0 Å². The molecule has 1 fully saturated rings. The van der Waals surface area contributed by atoms with Gasteiger partial charge >= 0.3 is 12.5 Å². The van der Waals surface area contributed by atoms with Crippen molar-refractivity contribution in [3.05, 3.63) is 35.0 Å². The summed E-state index contributed by atoms with van der Waals surface area (Å²) in [6.07, 6.45) is -3.15. The largest absolute Gasteiger partial charge is 0.444 e. The first-order valence-electron chi connectivity index (χ1n) is 10.4. The predicted molar refractivity (Wildman–Crippen MR) is 107 cm³/mol. The predicted octanol–water partition coefficient (Wildman–Crippen LogP) is 3.45. The molecular formula is C21H23F3N4O5. The first-order chi connectivity index (χ1) is 15.5. The highest BCUT2D eigenvalue weighted by molar-refractivity contribution is 5.99. The molecule has 2 atom stereocenters. The summed E-state index contributed by atoms with van der Waals surface area (Å²) in [6, 6.07) is 1.39. The number of ether oxygens (including phenoxy) is 2. The van der Waals surface area contributed by atoms with Crippen LogP contribution in [-0.2, 0) is 16.0 Å². The third-order valence-electron chi connectivity index (χ3n) is 5.32. The number of fused-ring (bicyclic) bond motifs is 1. The van der Waals surface area contributed by atoms with Crippen LogP contribution in [0.5, 0.6) is 0 Å². The number of alkyl carbamates (subject to hydrolysis) is 1. The normalized spacial score (nSPS) is 20.8. The van der Waals surface area contributed by atoms with Crippen molar-refractivity contribution in [3.8, 4) is 11.5 Å². The molecule has 1 saturated heterocycles. The zero-order valence-electron chi connectivity index (χ0n) is 18.2. The number of alkyl halides is 2. The van der Waals surface area contributed by atoms with E-state index in [2.05, 4.69) is 15.5 Å². The van der Waals surface area contributed by atoms with Crippen LogP contribution < -0.4 is 5.32 Å². The van der Waals surface area contributed by atoms with Crippen molar-refractivity contribution in [2.75, 3.05) is 13.2 Å². The Kier molecular flexibility index (Phi) is 6.04. The van der Waals surface area contributed by atoms with Gasteiger partial charge in [-0.2, -0.15) is 8.78 Å². The molecule has 2 aliphatic rings. The van der Waals surface area contributed by atoms with Gasteiger partial charge in [0, 0.05) is 23.3 Å². The fourth-order valence-corrected chi connectivity index (χ4v) is 3.87. The monoisotopic (exact) mass is 468 g/mol. The third kappa shape index (κ3) is 4.80. The maximum Gasteiger partial charge on any atom is 0.407 e. The SMILES string of the molecule is CC(C)(C)OC(=O)N[C@@H]1CCOC[C@H]1N1Cc2c(F)cc(-c3nnc(C(F)F)o3)cc2C1=O. The van der Waals surface area contributed by atoms with Crippen LogP contribution in [0.15, 0.2) is 16.5 Å². The summed E-state index contributed by atoms with van der Waals surface area (Å²) >= 11 is 0. The molecule has 33 heavy (non-hydrogen) atoms. The molecule has 1 N–H and O–H groups in total. The summed E-state index contributed by atoms with van der Waals surface area (Å²) in [5.74, 6) is -2.40. The van der Waals surface area contributed by atoms with Gasteiger partial charge in [-0.3, -0.25) is 4.79 Å². The van der Waals surface area contributed by atoms with E-state index in [4.69, 9.17) is 13.9 Å². The van der Waals surface area contributed by atoms with Gasteiger partial charge in [-0.05, 0) is 39.3 Å². The Bertz CT molecular complexity index is 1070. The van der Waals surface area contributed by atoms with Crippen LogP contribution in [0.25, 0.3) is 11.5 Å². The van der Waals surface area contributed by atoms with Crippen molar-refractivity contribution in [1.82, 2.24) is 20.4 Å². The Labute approximate surface area is 187 Å². The van der Waals surface area contributed by atoms with Gasteiger partial charge in [0.15, 0.2) is 0 Å². The van der Waals surface area contributed by atoms with Crippen LogP contribution in [-0.4, -0.2) is 58.0 Å². The van der Waals surface area contributed by atoms with Gasteiger partial charge in [-0.15, -0.1) is 10.2 Å². The average Bonchev–Trinajstić information content (AvgIpc) is 3.33. The number of carbonyl (C=O) groups excluding carboxylic acids is 2. The van der Waals surface area contributed by atoms with Crippen molar-refractivity contribution in [2.45, 2.75) is 57.8 Å². The van der Waals surface area contributed by atoms with Crippen LogP contribution >= 0.6 is 0 Å². The maximum atomic E-state index is 14.9. The molecule has 9 nitrogen and oxygen atoms in total. The van der Waals surface area contributed by atoms with Crippen molar-refractivity contribution < 1.29 is 36.7 Å². The molecular weight excluding hydrogens is 445 g/mol. The van der Waals surface area contributed by atoms with E-state index in [1.165, 1.54) is 11.0 Å². The van der Waals surface area contributed by atoms with E-state index < -0.39 is 47.8 Å². The van der Waals surface area contributed by atoms with Gasteiger partial charge < -0.3 is 24.1 Å². The smallest absolute Gasteiger partial charge is 0.407 e. The fourth-order valence-electron chi connectivity index (χ4n) is 3.87. The van der Waals surface area contributed by atoms with Crippen LogP contribution in [0.4, 0.5) is 18.0 Å². The minimum absolute atomic E-state index is 0.0178. The van der Waals surface area contributed by atoms with Gasteiger partial charge in [0.2, 0.25) is 5.89 Å². The lowest BCUT2D eigenvalue weighted by molar-refractivity contribution is -0.00497. The molecule has 1 aromatic heterocycles. The van der Waals surface area contributed by atoms with E-state index in [1.807, 2.05) is 0 Å². The van der Waals surface area contributed by atoms with Gasteiger partial charge in [-0.25, -0.2) is 9.18 Å². The standard InChI is InChI=1S/C21H23F3N4O5/c1-21(2,3)33-20(30)25-14-4-5-31-9-15(14)28-8-12-11(19(28)29)6-10(7-13(12)22)17-26-27-18(32-17)16(23)24/h6-7,14-16H,4-5,8-9H2,1-3H3,(H,25,30)/t14-,15-/m1/s1. The van der Waals surface area contributed by atoms with E-state index in [0.29, 0.717) is 13.0 Å². The number of amides is 2. The maximum absolute atomic E-state index is 14.9. The first-order valence-corrected chi connectivity index (χ1v) is 10.4. The van der Waals surface area contributed by atoms with Crippen molar-refractivity contribution >= 4 is 12.0 Å². The lowest BCUT2D eigenvalue weighted by Gasteiger charge is -2.38. The van der Waals surface area contributed by atoms with Gasteiger partial charge in [-0.1, -0.05) is 0 Å². The third-order valence-corrected chi connectivity index (χ3v) is 5.32. The summed E-state index contributed by atoms with van der Waals surface area (Å²) < 4.78 is 56.1. The minimum Gasteiger partial charge on any atom is -0.444 e. The van der Waals surface area contributed by atoms with Crippen LogP contribution in [0.1, 0.15) is 55.4 Å². The summed E-state index contributed by atoms with van der Waals surface area (Å²) in [7, 11) is 0. The number of aromatic nitrogens is 2. The number of nitrogens with zero attached hydrogens (tertiary/aromatic N) is 3. The Balaban J connectivity index is 1.56.